The zero-order chi connectivity index (χ0) is 31.2. The number of anilines is 2. The maximum absolute atomic E-state index is 14.8. The average Bonchev–Trinajstić information content (AvgIpc) is 3.68. The van der Waals surface area contributed by atoms with Gasteiger partial charge in [-0.15, -0.1) is 5.10 Å². The van der Waals surface area contributed by atoms with E-state index in [1.54, 1.807) is 30.5 Å². The molecule has 2 N–H and O–H groups in total. The normalized spacial score (nSPS) is 14.8. The number of aromatic nitrogens is 5. The van der Waals surface area contributed by atoms with Gasteiger partial charge in [0, 0.05) is 41.6 Å². The smallest absolute Gasteiger partial charge is 0.263 e. The summed E-state index contributed by atoms with van der Waals surface area (Å²) in [4.78, 5) is 8.47. The molecule has 2 aromatic carbocycles. The van der Waals surface area contributed by atoms with Crippen LogP contribution in [0.15, 0.2) is 55.1 Å². The third kappa shape index (κ3) is 5.13. The molecule has 1 fully saturated rings. The minimum absolute atomic E-state index is 0.108. The molecule has 0 amide bonds. The van der Waals surface area contributed by atoms with E-state index in [9.17, 15) is 23.7 Å². The van der Waals surface area contributed by atoms with Crippen LogP contribution in [0.3, 0.4) is 0 Å². The second kappa shape index (κ2) is 10.8. The van der Waals surface area contributed by atoms with E-state index in [1.807, 2.05) is 0 Å². The molecule has 0 saturated heterocycles. The van der Waals surface area contributed by atoms with Crippen LogP contribution in [0.1, 0.15) is 62.0 Å². The number of nitrogens with zero attached hydrogens (tertiary/aromatic N) is 7. The molecule has 3 aromatic heterocycles. The molecule has 1 atom stereocenters. The predicted octanol–water partition coefficient (Wildman–Crippen LogP) is 6.67. The highest BCUT2D eigenvalue weighted by molar-refractivity contribution is 5.99. The fraction of sp³-hybridized carbons (Fsp3) is 0.312. The lowest BCUT2D eigenvalue weighted by molar-refractivity contribution is 0.0593. The highest BCUT2D eigenvalue weighted by atomic mass is 19.3. The number of alkyl halides is 2. The first-order valence-electron chi connectivity index (χ1n) is 14.0. The Balaban J connectivity index is 1.52. The van der Waals surface area contributed by atoms with Gasteiger partial charge in [-0.2, -0.15) is 10.5 Å². The van der Waals surface area contributed by atoms with Crippen LogP contribution < -0.4 is 10.6 Å². The number of hydrogen-bond acceptors (Lipinski definition) is 8. The molecule has 6 rings (SSSR count). The molecule has 1 aliphatic rings. The Morgan fingerprint density at radius 2 is 1.80 bits per heavy atom. The summed E-state index contributed by atoms with van der Waals surface area (Å²) >= 11 is 0. The Hall–Kier alpha value is -5.23. The quantitative estimate of drug-likeness (QED) is 0.204. The van der Waals surface area contributed by atoms with Crippen LogP contribution in [0.4, 0.5) is 24.5 Å². The van der Waals surface area contributed by atoms with Crippen molar-refractivity contribution in [3.63, 3.8) is 0 Å². The Bertz CT molecular complexity index is 1980. The molecule has 9 nitrogen and oxygen atoms in total. The predicted molar refractivity (Wildman–Crippen MR) is 160 cm³/mol. The van der Waals surface area contributed by atoms with Crippen LogP contribution >= 0.6 is 0 Å². The number of nitriles is 2. The van der Waals surface area contributed by atoms with Crippen molar-refractivity contribution in [1.82, 2.24) is 25.0 Å². The van der Waals surface area contributed by atoms with E-state index < -0.39 is 23.8 Å². The second-order valence-electron chi connectivity index (χ2n) is 12.2. The van der Waals surface area contributed by atoms with E-state index in [0.29, 0.717) is 51.0 Å². The van der Waals surface area contributed by atoms with Crippen molar-refractivity contribution in [3.8, 4) is 12.1 Å². The van der Waals surface area contributed by atoms with E-state index in [1.165, 1.54) is 29.3 Å². The largest absolute Gasteiger partial charge is 0.383 e. The van der Waals surface area contributed by atoms with E-state index in [-0.39, 0.29) is 29.2 Å². The van der Waals surface area contributed by atoms with Gasteiger partial charge in [0.2, 0.25) is 0 Å². The Labute approximate surface area is 251 Å². The maximum Gasteiger partial charge on any atom is 0.263 e. The SMILES string of the molecule is CC(C)(C)CNc1c(C#N)cnc2c(C#N)cc(NC(c3cn(C4(C(F)F)CC4)nn3)c3ccc(F)c4cnccc34)cc12. The molecule has 1 aliphatic carbocycles. The van der Waals surface area contributed by atoms with E-state index in [4.69, 9.17) is 0 Å². The van der Waals surface area contributed by atoms with Gasteiger partial charge in [-0.25, -0.2) is 17.9 Å². The summed E-state index contributed by atoms with van der Waals surface area (Å²) < 4.78 is 43.9. The molecule has 5 aromatic rings. The van der Waals surface area contributed by atoms with Crippen molar-refractivity contribution < 1.29 is 13.2 Å². The van der Waals surface area contributed by atoms with Crippen LogP contribution in [0, 0.1) is 33.9 Å². The van der Waals surface area contributed by atoms with Crippen LogP contribution in [-0.4, -0.2) is 37.9 Å². The lowest BCUT2D eigenvalue weighted by Crippen LogP contribution is -2.26. The Morgan fingerprint density at radius 3 is 2.48 bits per heavy atom. The summed E-state index contributed by atoms with van der Waals surface area (Å²) in [6.07, 6.45) is 3.85. The Kier molecular flexibility index (Phi) is 7.08. The summed E-state index contributed by atoms with van der Waals surface area (Å²) in [5.41, 5.74) is 1.45. The van der Waals surface area contributed by atoms with Crippen LogP contribution in [0.25, 0.3) is 21.7 Å². The summed E-state index contributed by atoms with van der Waals surface area (Å²) in [6.45, 7) is 6.73. The van der Waals surface area contributed by atoms with Gasteiger partial charge in [0.25, 0.3) is 6.43 Å². The van der Waals surface area contributed by atoms with Crippen molar-refractivity contribution in [2.24, 2.45) is 5.41 Å². The van der Waals surface area contributed by atoms with Gasteiger partial charge in [-0.1, -0.05) is 32.1 Å². The van der Waals surface area contributed by atoms with Crippen LogP contribution in [0.5, 0.6) is 0 Å². The summed E-state index contributed by atoms with van der Waals surface area (Å²) in [5.74, 6) is -0.462. The molecule has 0 aliphatic heterocycles. The van der Waals surface area contributed by atoms with E-state index in [2.05, 4.69) is 63.8 Å². The van der Waals surface area contributed by atoms with Gasteiger partial charge >= 0.3 is 0 Å². The maximum atomic E-state index is 14.8. The zero-order valence-electron chi connectivity index (χ0n) is 24.2. The molecule has 44 heavy (non-hydrogen) atoms. The van der Waals surface area contributed by atoms with Gasteiger partial charge in [-0.3, -0.25) is 9.97 Å². The number of benzene rings is 2. The average molecular weight is 596 g/mol. The van der Waals surface area contributed by atoms with Crippen molar-refractivity contribution in [2.45, 2.75) is 51.6 Å². The number of nitrogens with one attached hydrogen (secondary N) is 2. The molecule has 222 valence electrons. The van der Waals surface area contributed by atoms with Crippen molar-refractivity contribution in [2.75, 3.05) is 17.2 Å². The summed E-state index contributed by atoms with van der Waals surface area (Å²) in [5, 5.41) is 36.5. The Morgan fingerprint density at radius 1 is 1.02 bits per heavy atom. The van der Waals surface area contributed by atoms with Crippen LogP contribution in [-0.2, 0) is 5.54 Å². The molecule has 12 heteroatoms. The first-order valence-corrected chi connectivity index (χ1v) is 14.0. The molecular formula is C32H28F3N9. The third-order valence-corrected chi connectivity index (χ3v) is 7.86. The molecular weight excluding hydrogens is 567 g/mol. The number of rotatable bonds is 8. The minimum Gasteiger partial charge on any atom is -0.383 e. The first kappa shape index (κ1) is 28.9. The minimum atomic E-state index is -2.61. The fourth-order valence-corrected chi connectivity index (χ4v) is 5.31. The molecule has 1 unspecified atom stereocenters. The highest BCUT2D eigenvalue weighted by Crippen LogP contribution is 2.48. The number of fused-ring (bicyclic) bond motifs is 2. The standard InChI is InChI=1S/C32H28F3N9/c1-31(2,3)17-40-28-19(13-37)14-39-27-18(12-36)10-20(11-23(27)28)41-29(22-4-5-25(33)24-15-38-9-6-21(22)24)26-16-44(43-42-26)32(7-8-32)30(34)35/h4-6,9-11,14-16,29-30,41H,7-8,17H2,1-3H3,(H,39,40). The molecule has 0 spiro atoms. The summed E-state index contributed by atoms with van der Waals surface area (Å²) in [6, 6.07) is 11.6. The summed E-state index contributed by atoms with van der Waals surface area (Å²) in [7, 11) is 0. The third-order valence-electron chi connectivity index (χ3n) is 7.86. The van der Waals surface area contributed by atoms with Gasteiger partial charge in [0.05, 0.1) is 34.6 Å². The van der Waals surface area contributed by atoms with Gasteiger partial charge in [0.15, 0.2) is 0 Å². The van der Waals surface area contributed by atoms with Crippen molar-refractivity contribution >= 4 is 33.1 Å². The topological polar surface area (TPSA) is 128 Å². The van der Waals surface area contributed by atoms with E-state index >= 15 is 0 Å². The zero-order valence-corrected chi connectivity index (χ0v) is 24.2. The lowest BCUT2D eigenvalue weighted by Gasteiger charge is -2.23. The number of halogens is 3. The molecule has 0 bridgehead atoms. The van der Waals surface area contributed by atoms with Gasteiger partial charge < -0.3 is 10.6 Å². The highest BCUT2D eigenvalue weighted by Gasteiger charge is 2.54. The number of hydrogen-bond donors (Lipinski definition) is 2. The monoisotopic (exact) mass is 595 g/mol. The lowest BCUT2D eigenvalue weighted by atomic mass is 9.96. The molecule has 0 radical (unpaired) electrons. The van der Waals surface area contributed by atoms with Crippen molar-refractivity contribution in [3.05, 3.63) is 83.3 Å². The second-order valence-corrected chi connectivity index (χ2v) is 12.2. The molecule has 1 saturated carbocycles. The fourth-order valence-electron chi connectivity index (χ4n) is 5.31. The number of pyridine rings is 2. The molecule has 3 heterocycles. The van der Waals surface area contributed by atoms with Gasteiger partial charge in [-0.05, 0) is 53.5 Å². The van der Waals surface area contributed by atoms with Gasteiger partial charge in [0.1, 0.15) is 29.2 Å². The first-order chi connectivity index (χ1) is 21.0. The van der Waals surface area contributed by atoms with Crippen molar-refractivity contribution in [1.29, 1.82) is 10.5 Å². The van der Waals surface area contributed by atoms with E-state index in [0.717, 1.165) is 0 Å². The van der Waals surface area contributed by atoms with Crippen LogP contribution in [0.2, 0.25) is 0 Å².